The van der Waals surface area contributed by atoms with Crippen LogP contribution in [-0.4, -0.2) is 41.8 Å². The lowest BCUT2D eigenvalue weighted by Gasteiger charge is -2.20. The second-order valence-electron chi connectivity index (χ2n) is 4.13. The number of nitrogens with one attached hydrogen (secondary N) is 2. The molecule has 4 N–H and O–H groups in total. The summed E-state index contributed by atoms with van der Waals surface area (Å²) in [4.78, 5) is 0.178. The van der Waals surface area contributed by atoms with Crippen molar-refractivity contribution in [1.29, 1.82) is 5.41 Å². The Morgan fingerprint density at radius 3 is 2.50 bits per heavy atom. The predicted molar refractivity (Wildman–Crippen MR) is 69.0 cm³/mol. The highest BCUT2D eigenvalue weighted by Crippen LogP contribution is 2.21. The largest absolute Gasteiger partial charge is 0.387 e. The van der Waals surface area contributed by atoms with Crippen molar-refractivity contribution in [2.24, 2.45) is 5.73 Å². The number of aryl methyl sites for hydroxylation is 2. The van der Waals surface area contributed by atoms with Gasteiger partial charge in [-0.3, -0.25) is 10.5 Å². The Morgan fingerprint density at radius 1 is 1.50 bits per heavy atom. The standard InChI is InChI=1S/C10H19N5O2S/c1-4-5-15(6-9(11)12)18(16,17)10-7(2)13-14-8(10)3/h4-6H2,1-3H3,(H3,11,12)(H,13,14). The van der Waals surface area contributed by atoms with Crippen LogP contribution in [0.4, 0.5) is 0 Å². The van der Waals surface area contributed by atoms with E-state index < -0.39 is 10.0 Å². The van der Waals surface area contributed by atoms with Gasteiger partial charge in [0.2, 0.25) is 10.0 Å². The Hall–Kier alpha value is -1.41. The molecule has 0 amide bonds. The maximum Gasteiger partial charge on any atom is 0.247 e. The fourth-order valence-electron chi connectivity index (χ4n) is 1.77. The molecule has 8 heteroatoms. The topological polar surface area (TPSA) is 116 Å². The lowest BCUT2D eigenvalue weighted by atomic mass is 10.4. The quantitative estimate of drug-likeness (QED) is 0.512. The number of nitrogens with two attached hydrogens (primary N) is 1. The first kappa shape index (κ1) is 14.7. The smallest absolute Gasteiger partial charge is 0.247 e. The Morgan fingerprint density at radius 2 is 2.11 bits per heavy atom. The number of rotatable bonds is 6. The van der Waals surface area contributed by atoms with Crippen molar-refractivity contribution >= 4 is 15.9 Å². The fraction of sp³-hybridized carbons (Fsp3) is 0.600. The molecule has 0 spiro atoms. The zero-order chi connectivity index (χ0) is 13.9. The zero-order valence-electron chi connectivity index (χ0n) is 10.8. The van der Waals surface area contributed by atoms with Crippen molar-refractivity contribution in [1.82, 2.24) is 14.5 Å². The van der Waals surface area contributed by atoms with Gasteiger partial charge in [-0.1, -0.05) is 6.92 Å². The summed E-state index contributed by atoms with van der Waals surface area (Å²) in [6.45, 7) is 5.39. The molecule has 0 aliphatic rings. The monoisotopic (exact) mass is 273 g/mol. The SMILES string of the molecule is CCCN(CC(=N)N)S(=O)(=O)c1c(C)n[nH]c1C. The third kappa shape index (κ3) is 2.88. The van der Waals surface area contributed by atoms with E-state index in [2.05, 4.69) is 10.2 Å². The Balaban J connectivity index is 3.21. The number of sulfonamides is 1. The van der Waals surface area contributed by atoms with Gasteiger partial charge < -0.3 is 5.73 Å². The minimum Gasteiger partial charge on any atom is -0.387 e. The third-order valence-electron chi connectivity index (χ3n) is 2.48. The van der Waals surface area contributed by atoms with E-state index in [-0.39, 0.29) is 17.3 Å². The molecule has 0 atom stereocenters. The van der Waals surface area contributed by atoms with Crippen LogP contribution in [0.2, 0.25) is 0 Å². The maximum absolute atomic E-state index is 12.5. The van der Waals surface area contributed by atoms with E-state index in [0.717, 1.165) is 0 Å². The van der Waals surface area contributed by atoms with Gasteiger partial charge in [0, 0.05) is 6.54 Å². The first-order valence-corrected chi connectivity index (χ1v) is 7.09. The number of aromatic nitrogens is 2. The van der Waals surface area contributed by atoms with Gasteiger partial charge in [0.25, 0.3) is 0 Å². The molecule has 0 bridgehead atoms. The van der Waals surface area contributed by atoms with Crippen LogP contribution in [0.25, 0.3) is 0 Å². The highest BCUT2D eigenvalue weighted by atomic mass is 32.2. The predicted octanol–water partition coefficient (Wildman–Crippen LogP) is 0.363. The van der Waals surface area contributed by atoms with Gasteiger partial charge in [-0.2, -0.15) is 9.40 Å². The number of aromatic amines is 1. The van der Waals surface area contributed by atoms with Crippen molar-refractivity contribution in [2.75, 3.05) is 13.1 Å². The van der Waals surface area contributed by atoms with E-state index in [1.165, 1.54) is 4.31 Å². The molecule has 0 aliphatic heterocycles. The maximum atomic E-state index is 12.5. The van der Waals surface area contributed by atoms with Gasteiger partial charge >= 0.3 is 0 Å². The average Bonchev–Trinajstić information content (AvgIpc) is 2.57. The molecular weight excluding hydrogens is 254 g/mol. The molecule has 0 fully saturated rings. The van der Waals surface area contributed by atoms with Crippen LogP contribution in [0.15, 0.2) is 4.90 Å². The number of amidine groups is 1. The minimum absolute atomic E-state index is 0.0970. The van der Waals surface area contributed by atoms with E-state index in [4.69, 9.17) is 11.1 Å². The summed E-state index contributed by atoms with van der Waals surface area (Å²) in [5.74, 6) is -0.175. The molecule has 1 aromatic heterocycles. The van der Waals surface area contributed by atoms with Gasteiger partial charge in [0.1, 0.15) is 10.7 Å². The van der Waals surface area contributed by atoms with Crippen molar-refractivity contribution in [2.45, 2.75) is 32.1 Å². The summed E-state index contributed by atoms with van der Waals surface area (Å²) in [5, 5.41) is 13.8. The summed E-state index contributed by atoms with van der Waals surface area (Å²) in [7, 11) is -3.66. The average molecular weight is 273 g/mol. The van der Waals surface area contributed by atoms with Gasteiger partial charge in [-0.15, -0.1) is 0 Å². The Kier molecular flexibility index (Phi) is 4.47. The first-order valence-electron chi connectivity index (χ1n) is 5.65. The van der Waals surface area contributed by atoms with E-state index >= 15 is 0 Å². The van der Waals surface area contributed by atoms with Crippen molar-refractivity contribution < 1.29 is 8.42 Å². The molecule has 0 aromatic carbocycles. The zero-order valence-corrected chi connectivity index (χ0v) is 11.6. The summed E-state index contributed by atoms with van der Waals surface area (Å²) in [6.07, 6.45) is 0.655. The highest BCUT2D eigenvalue weighted by Gasteiger charge is 2.29. The molecule has 0 saturated heterocycles. The minimum atomic E-state index is -3.66. The number of nitrogens with zero attached hydrogens (tertiary/aromatic N) is 2. The lowest BCUT2D eigenvalue weighted by molar-refractivity contribution is 0.447. The van der Waals surface area contributed by atoms with Gasteiger partial charge in [0.15, 0.2) is 0 Å². The second kappa shape index (κ2) is 5.49. The summed E-state index contributed by atoms with van der Waals surface area (Å²) >= 11 is 0. The second-order valence-corrected chi connectivity index (χ2v) is 6.00. The van der Waals surface area contributed by atoms with Crippen LogP contribution in [0.3, 0.4) is 0 Å². The summed E-state index contributed by atoms with van der Waals surface area (Å²) in [5.41, 5.74) is 6.23. The van der Waals surface area contributed by atoms with Crippen molar-refractivity contribution in [3.8, 4) is 0 Å². The highest BCUT2D eigenvalue weighted by molar-refractivity contribution is 7.89. The van der Waals surface area contributed by atoms with E-state index in [0.29, 0.717) is 24.4 Å². The molecule has 1 aromatic rings. The molecule has 0 unspecified atom stereocenters. The number of hydrogen-bond donors (Lipinski definition) is 3. The number of hydrogen-bond acceptors (Lipinski definition) is 4. The van der Waals surface area contributed by atoms with Crippen LogP contribution in [0, 0.1) is 19.3 Å². The summed E-state index contributed by atoms with van der Waals surface area (Å²) in [6, 6.07) is 0. The fourth-order valence-corrected chi connectivity index (χ4v) is 3.62. The van der Waals surface area contributed by atoms with Crippen LogP contribution in [0.5, 0.6) is 0 Å². The molecular formula is C10H19N5O2S. The molecule has 7 nitrogen and oxygen atoms in total. The number of H-pyrrole nitrogens is 1. The van der Waals surface area contributed by atoms with Crippen LogP contribution in [0.1, 0.15) is 24.7 Å². The van der Waals surface area contributed by atoms with Gasteiger partial charge in [-0.25, -0.2) is 8.42 Å². The van der Waals surface area contributed by atoms with E-state index in [1.807, 2.05) is 6.92 Å². The van der Waals surface area contributed by atoms with Gasteiger partial charge in [0.05, 0.1) is 17.9 Å². The van der Waals surface area contributed by atoms with Crippen molar-refractivity contribution in [3.63, 3.8) is 0 Å². The molecule has 0 saturated carbocycles. The van der Waals surface area contributed by atoms with Gasteiger partial charge in [-0.05, 0) is 20.3 Å². The molecule has 102 valence electrons. The Labute approximate surface area is 107 Å². The lowest BCUT2D eigenvalue weighted by Crippen LogP contribution is -2.39. The molecule has 1 rings (SSSR count). The van der Waals surface area contributed by atoms with E-state index in [1.54, 1.807) is 13.8 Å². The van der Waals surface area contributed by atoms with Crippen LogP contribution < -0.4 is 5.73 Å². The third-order valence-corrected chi connectivity index (χ3v) is 4.59. The molecule has 0 radical (unpaired) electrons. The van der Waals surface area contributed by atoms with Crippen LogP contribution in [-0.2, 0) is 10.0 Å². The summed E-state index contributed by atoms with van der Waals surface area (Å²) < 4.78 is 26.2. The van der Waals surface area contributed by atoms with E-state index in [9.17, 15) is 8.42 Å². The molecule has 1 heterocycles. The van der Waals surface area contributed by atoms with Crippen LogP contribution >= 0.6 is 0 Å². The normalized spacial score (nSPS) is 12.0. The first-order chi connectivity index (χ1) is 8.30. The van der Waals surface area contributed by atoms with Crippen molar-refractivity contribution in [3.05, 3.63) is 11.4 Å². The Bertz CT molecular complexity index is 515. The molecule has 18 heavy (non-hydrogen) atoms. The molecule has 0 aliphatic carbocycles.